The molecule has 1 aromatic heterocycles. The lowest BCUT2D eigenvalue weighted by molar-refractivity contribution is -0.120. The molecule has 1 amide bonds. The third-order valence-corrected chi connectivity index (χ3v) is 5.86. The predicted molar refractivity (Wildman–Crippen MR) is 133 cm³/mol. The maximum atomic E-state index is 13.4. The molecule has 0 radical (unpaired) electrons. The van der Waals surface area contributed by atoms with E-state index in [0.717, 1.165) is 16.7 Å². The molecule has 0 aliphatic heterocycles. The largest absolute Gasteiger partial charge is 0.497 e. The van der Waals surface area contributed by atoms with Gasteiger partial charge in [0, 0.05) is 21.7 Å². The summed E-state index contributed by atoms with van der Waals surface area (Å²) in [5, 5.41) is 4.25. The first-order valence-electron chi connectivity index (χ1n) is 10.9. The second-order valence-corrected chi connectivity index (χ2v) is 8.22. The number of fused-ring (bicyclic) bond motifs is 1. The Morgan fingerprint density at radius 2 is 1.71 bits per heavy atom. The van der Waals surface area contributed by atoms with Gasteiger partial charge in [0.15, 0.2) is 0 Å². The first-order chi connectivity index (χ1) is 16.5. The number of halogens is 1. The van der Waals surface area contributed by atoms with Gasteiger partial charge in [-0.05, 0) is 67.1 Å². The number of aromatic nitrogens is 1. The summed E-state index contributed by atoms with van der Waals surface area (Å²) in [6, 6.07) is 21.7. The van der Waals surface area contributed by atoms with Crippen LogP contribution in [0.25, 0.3) is 10.9 Å². The quantitative estimate of drug-likeness (QED) is 0.362. The average Bonchev–Trinajstić information content (AvgIpc) is 3.12. The standard InChI is InChI=1S/C27H25ClN2O4/c1-18-23(17-26(31)29-14-15-34-21-6-4-3-5-7-21)24-16-22(33-2)12-13-25(24)30(18)27(32)19-8-10-20(28)11-9-19/h3-13,16H,14-15,17H2,1-2H3,(H,29,31). The number of nitrogens with zero attached hydrogens (tertiary/aromatic N) is 1. The highest BCUT2D eigenvalue weighted by molar-refractivity contribution is 6.30. The van der Waals surface area contributed by atoms with Crippen molar-refractivity contribution in [2.24, 2.45) is 0 Å². The predicted octanol–water partition coefficient (Wildman–Crippen LogP) is 5.04. The summed E-state index contributed by atoms with van der Waals surface area (Å²) in [4.78, 5) is 26.1. The van der Waals surface area contributed by atoms with Crippen LogP contribution in [0.4, 0.5) is 0 Å². The van der Waals surface area contributed by atoms with Crippen LogP contribution in [0.3, 0.4) is 0 Å². The van der Waals surface area contributed by atoms with E-state index in [4.69, 9.17) is 21.1 Å². The fourth-order valence-electron chi connectivity index (χ4n) is 3.89. The van der Waals surface area contributed by atoms with Crippen LogP contribution in [0.2, 0.25) is 5.02 Å². The number of para-hydroxylation sites is 1. The van der Waals surface area contributed by atoms with E-state index >= 15 is 0 Å². The molecule has 0 saturated carbocycles. The maximum Gasteiger partial charge on any atom is 0.262 e. The molecule has 0 fully saturated rings. The number of carbonyl (C=O) groups excluding carboxylic acids is 2. The minimum atomic E-state index is -0.188. The summed E-state index contributed by atoms with van der Waals surface area (Å²) in [6.07, 6.45) is 0.127. The van der Waals surface area contributed by atoms with Crippen molar-refractivity contribution in [3.63, 3.8) is 0 Å². The number of ether oxygens (including phenoxy) is 2. The Hall–Kier alpha value is -3.77. The zero-order valence-corrected chi connectivity index (χ0v) is 19.8. The third kappa shape index (κ3) is 5.07. The van der Waals surface area contributed by atoms with E-state index in [0.29, 0.717) is 40.7 Å². The van der Waals surface area contributed by atoms with Crippen molar-refractivity contribution in [3.8, 4) is 11.5 Å². The van der Waals surface area contributed by atoms with Crippen LogP contribution in [0, 0.1) is 6.92 Å². The SMILES string of the molecule is COc1ccc2c(c1)c(CC(=O)NCCOc1ccccc1)c(C)n2C(=O)c1ccc(Cl)cc1. The highest BCUT2D eigenvalue weighted by Gasteiger charge is 2.22. The molecule has 0 unspecified atom stereocenters. The molecule has 0 bridgehead atoms. The topological polar surface area (TPSA) is 69.6 Å². The van der Waals surface area contributed by atoms with E-state index in [2.05, 4.69) is 5.32 Å². The van der Waals surface area contributed by atoms with Gasteiger partial charge in [-0.1, -0.05) is 29.8 Å². The molecule has 0 saturated heterocycles. The average molecular weight is 477 g/mol. The summed E-state index contributed by atoms with van der Waals surface area (Å²) in [5.41, 5.74) is 2.71. The Kier molecular flexibility index (Phi) is 7.18. The molecule has 34 heavy (non-hydrogen) atoms. The van der Waals surface area contributed by atoms with Crippen LogP contribution in [0.15, 0.2) is 72.8 Å². The van der Waals surface area contributed by atoms with Crippen molar-refractivity contribution in [3.05, 3.63) is 94.6 Å². The van der Waals surface area contributed by atoms with Crippen LogP contribution in [0.5, 0.6) is 11.5 Å². The Labute approximate surface area is 203 Å². The van der Waals surface area contributed by atoms with Gasteiger partial charge < -0.3 is 14.8 Å². The van der Waals surface area contributed by atoms with E-state index < -0.39 is 0 Å². The lowest BCUT2D eigenvalue weighted by Crippen LogP contribution is -2.29. The Morgan fingerprint density at radius 1 is 0.971 bits per heavy atom. The number of amides is 1. The van der Waals surface area contributed by atoms with Crippen molar-refractivity contribution in [1.29, 1.82) is 0 Å². The molecular formula is C27H25ClN2O4. The van der Waals surface area contributed by atoms with Gasteiger partial charge in [0.2, 0.25) is 5.91 Å². The molecule has 0 spiro atoms. The van der Waals surface area contributed by atoms with Crippen LogP contribution in [-0.2, 0) is 11.2 Å². The minimum absolute atomic E-state index is 0.127. The Balaban J connectivity index is 1.56. The summed E-state index contributed by atoms with van der Waals surface area (Å²) in [5.74, 6) is 1.07. The maximum absolute atomic E-state index is 13.4. The lowest BCUT2D eigenvalue weighted by atomic mass is 10.1. The number of carbonyl (C=O) groups is 2. The first kappa shape index (κ1) is 23.4. The highest BCUT2D eigenvalue weighted by atomic mass is 35.5. The molecule has 1 N–H and O–H groups in total. The van der Waals surface area contributed by atoms with Gasteiger partial charge in [-0.2, -0.15) is 0 Å². The second kappa shape index (κ2) is 10.4. The van der Waals surface area contributed by atoms with E-state index in [9.17, 15) is 9.59 Å². The minimum Gasteiger partial charge on any atom is -0.497 e. The van der Waals surface area contributed by atoms with Crippen molar-refractivity contribution < 1.29 is 19.1 Å². The second-order valence-electron chi connectivity index (χ2n) is 7.78. The number of methoxy groups -OCH3 is 1. The first-order valence-corrected chi connectivity index (χ1v) is 11.3. The number of rotatable bonds is 8. The summed E-state index contributed by atoms with van der Waals surface area (Å²) in [6.45, 7) is 2.58. The molecule has 174 valence electrons. The van der Waals surface area contributed by atoms with E-state index in [1.165, 1.54) is 0 Å². The zero-order chi connectivity index (χ0) is 24.1. The molecule has 4 aromatic rings. The van der Waals surface area contributed by atoms with Gasteiger partial charge in [-0.3, -0.25) is 14.2 Å². The fraction of sp³-hybridized carbons (Fsp3) is 0.185. The molecule has 0 atom stereocenters. The Bertz CT molecular complexity index is 1310. The van der Waals surface area contributed by atoms with Crippen molar-refractivity contribution in [2.45, 2.75) is 13.3 Å². The van der Waals surface area contributed by atoms with Crippen LogP contribution in [-0.4, -0.2) is 36.6 Å². The summed E-state index contributed by atoms with van der Waals surface area (Å²) in [7, 11) is 1.59. The number of hydrogen-bond acceptors (Lipinski definition) is 4. The lowest BCUT2D eigenvalue weighted by Gasteiger charge is -2.09. The van der Waals surface area contributed by atoms with Gasteiger partial charge in [-0.25, -0.2) is 0 Å². The smallest absolute Gasteiger partial charge is 0.262 e. The third-order valence-electron chi connectivity index (χ3n) is 5.61. The van der Waals surface area contributed by atoms with E-state index in [1.807, 2.05) is 49.4 Å². The van der Waals surface area contributed by atoms with Crippen molar-refractivity contribution in [2.75, 3.05) is 20.3 Å². The van der Waals surface area contributed by atoms with Crippen LogP contribution < -0.4 is 14.8 Å². The molecule has 0 aliphatic rings. The van der Waals surface area contributed by atoms with Crippen molar-refractivity contribution in [1.82, 2.24) is 9.88 Å². The van der Waals surface area contributed by atoms with Gasteiger partial charge in [-0.15, -0.1) is 0 Å². The number of nitrogens with one attached hydrogen (secondary N) is 1. The molecule has 3 aromatic carbocycles. The molecule has 6 nitrogen and oxygen atoms in total. The van der Waals surface area contributed by atoms with E-state index in [1.54, 1.807) is 42.0 Å². The molecule has 1 heterocycles. The van der Waals surface area contributed by atoms with Gasteiger partial charge in [0.1, 0.15) is 18.1 Å². The Morgan fingerprint density at radius 3 is 2.41 bits per heavy atom. The number of hydrogen-bond donors (Lipinski definition) is 1. The zero-order valence-electron chi connectivity index (χ0n) is 19.0. The van der Waals surface area contributed by atoms with E-state index in [-0.39, 0.29) is 18.2 Å². The summed E-state index contributed by atoms with van der Waals surface area (Å²) >= 11 is 5.99. The molecule has 7 heteroatoms. The van der Waals surface area contributed by atoms with Gasteiger partial charge >= 0.3 is 0 Å². The molecule has 0 aliphatic carbocycles. The highest BCUT2D eigenvalue weighted by Crippen LogP contribution is 2.30. The van der Waals surface area contributed by atoms with Gasteiger partial charge in [0.25, 0.3) is 5.91 Å². The summed E-state index contributed by atoms with van der Waals surface area (Å²) < 4.78 is 12.7. The van der Waals surface area contributed by atoms with Crippen LogP contribution >= 0.6 is 11.6 Å². The molecule has 4 rings (SSSR count). The van der Waals surface area contributed by atoms with Crippen molar-refractivity contribution >= 4 is 34.3 Å². The normalized spacial score (nSPS) is 10.8. The monoisotopic (exact) mass is 476 g/mol. The fourth-order valence-corrected chi connectivity index (χ4v) is 4.02. The molecular weight excluding hydrogens is 452 g/mol. The van der Waals surface area contributed by atoms with Gasteiger partial charge in [0.05, 0.1) is 25.6 Å². The number of benzene rings is 3. The van der Waals surface area contributed by atoms with Crippen LogP contribution in [0.1, 0.15) is 21.6 Å².